The smallest absolute Gasteiger partial charge is 0.338 e. The maximum absolute atomic E-state index is 14.0. The molecule has 1 unspecified atom stereocenters. The average Bonchev–Trinajstić information content (AvgIpc) is 2.98. The van der Waals surface area contributed by atoms with E-state index in [-0.39, 0.29) is 12.6 Å². The summed E-state index contributed by atoms with van der Waals surface area (Å²) in [6.07, 6.45) is 0.313. The van der Waals surface area contributed by atoms with Gasteiger partial charge in [0, 0.05) is 23.9 Å². The van der Waals surface area contributed by atoms with Crippen molar-refractivity contribution in [3.8, 4) is 0 Å². The summed E-state index contributed by atoms with van der Waals surface area (Å²) in [6.45, 7) is 2.16. The molecule has 0 fully saturated rings. The number of fused-ring (bicyclic) bond motifs is 2. The van der Waals surface area contributed by atoms with E-state index in [2.05, 4.69) is 5.32 Å². The molecule has 0 radical (unpaired) electrons. The zero-order chi connectivity index (χ0) is 18.4. The van der Waals surface area contributed by atoms with E-state index >= 15 is 0 Å². The van der Waals surface area contributed by atoms with Crippen molar-refractivity contribution in [3.63, 3.8) is 0 Å². The molecule has 0 spiro atoms. The molecule has 134 valence electrons. The van der Waals surface area contributed by atoms with Crippen LogP contribution in [0.2, 0.25) is 0 Å². The Labute approximate surface area is 148 Å². The Kier molecular flexibility index (Phi) is 3.86. The third-order valence-corrected chi connectivity index (χ3v) is 4.96. The van der Waals surface area contributed by atoms with Crippen molar-refractivity contribution >= 4 is 17.7 Å². The topological polar surface area (TPSA) is 58.6 Å². The van der Waals surface area contributed by atoms with Crippen molar-refractivity contribution in [1.29, 1.82) is 0 Å². The zero-order valence-corrected chi connectivity index (χ0v) is 14.0. The molecule has 2 aromatic rings. The van der Waals surface area contributed by atoms with Gasteiger partial charge in [0.1, 0.15) is 18.2 Å². The number of anilines is 1. The van der Waals surface area contributed by atoms with E-state index in [9.17, 15) is 18.4 Å². The van der Waals surface area contributed by atoms with Crippen molar-refractivity contribution < 1.29 is 23.1 Å². The first-order valence-corrected chi connectivity index (χ1v) is 8.30. The summed E-state index contributed by atoms with van der Waals surface area (Å²) in [6, 6.07) is 6.28. The maximum atomic E-state index is 14.0. The fourth-order valence-electron chi connectivity index (χ4n) is 3.58. The number of halogens is 2. The van der Waals surface area contributed by atoms with Crippen LogP contribution in [0.1, 0.15) is 40.0 Å². The van der Waals surface area contributed by atoms with Gasteiger partial charge in [-0.25, -0.2) is 18.4 Å². The van der Waals surface area contributed by atoms with E-state index < -0.39 is 23.6 Å². The molecule has 1 atom stereocenters. The molecule has 0 aromatic heterocycles. The predicted octanol–water partition coefficient (Wildman–Crippen LogP) is 3.79. The van der Waals surface area contributed by atoms with Crippen LogP contribution in [-0.4, -0.2) is 23.4 Å². The molecule has 0 saturated heterocycles. The molecule has 0 bridgehead atoms. The van der Waals surface area contributed by atoms with Gasteiger partial charge in [0.2, 0.25) is 0 Å². The Hall–Kier alpha value is -2.96. The van der Waals surface area contributed by atoms with E-state index in [4.69, 9.17) is 4.74 Å². The lowest BCUT2D eigenvalue weighted by atomic mass is 9.93. The number of cyclic esters (lactones) is 1. The van der Waals surface area contributed by atoms with Crippen LogP contribution in [0, 0.1) is 11.6 Å². The highest BCUT2D eigenvalue weighted by atomic mass is 19.1. The molecule has 2 heterocycles. The van der Waals surface area contributed by atoms with Crippen LogP contribution >= 0.6 is 0 Å². The first-order valence-electron chi connectivity index (χ1n) is 8.30. The number of esters is 1. The van der Waals surface area contributed by atoms with Crippen molar-refractivity contribution in [2.75, 3.05) is 11.9 Å². The van der Waals surface area contributed by atoms with Gasteiger partial charge in [-0.15, -0.1) is 0 Å². The number of rotatable bonds is 1. The van der Waals surface area contributed by atoms with E-state index in [0.717, 1.165) is 6.07 Å². The minimum Gasteiger partial charge on any atom is -0.457 e. The number of benzene rings is 2. The minimum atomic E-state index is -0.660. The number of carbonyl (C=O) groups excluding carboxylic acids is 2. The van der Waals surface area contributed by atoms with Crippen LogP contribution in [0.25, 0.3) is 0 Å². The van der Waals surface area contributed by atoms with Crippen LogP contribution in [0.3, 0.4) is 0 Å². The highest BCUT2D eigenvalue weighted by Gasteiger charge is 2.31. The second kappa shape index (κ2) is 6.09. The monoisotopic (exact) mass is 358 g/mol. The molecular formula is C19H16F2N2O3. The van der Waals surface area contributed by atoms with Crippen LogP contribution in [0.5, 0.6) is 0 Å². The molecule has 0 saturated carbocycles. The second-order valence-corrected chi connectivity index (χ2v) is 6.41. The average molecular weight is 358 g/mol. The van der Waals surface area contributed by atoms with Crippen molar-refractivity contribution in [2.45, 2.75) is 26.0 Å². The van der Waals surface area contributed by atoms with Crippen LogP contribution in [0.15, 0.2) is 30.3 Å². The first-order chi connectivity index (χ1) is 12.5. The standard InChI is InChI=1S/C19H16F2N2O3/c1-10-14-7-11(20)8-16(21)12(14)5-6-23(10)19(25)22-17-4-2-3-13-15(17)9-26-18(13)24/h2-4,7-8,10H,5-6,9H2,1H3,(H,22,25). The van der Waals surface area contributed by atoms with Gasteiger partial charge in [-0.1, -0.05) is 6.07 Å². The van der Waals surface area contributed by atoms with E-state index in [1.54, 1.807) is 25.1 Å². The van der Waals surface area contributed by atoms with Gasteiger partial charge in [0.15, 0.2) is 0 Å². The lowest BCUT2D eigenvalue weighted by Crippen LogP contribution is -2.42. The number of hydrogen-bond acceptors (Lipinski definition) is 3. The Balaban J connectivity index is 1.59. The molecule has 2 aliphatic heterocycles. The van der Waals surface area contributed by atoms with Crippen LogP contribution < -0.4 is 5.32 Å². The van der Waals surface area contributed by atoms with Crippen LogP contribution in [0.4, 0.5) is 19.3 Å². The number of nitrogens with one attached hydrogen (secondary N) is 1. The minimum absolute atomic E-state index is 0.111. The Morgan fingerprint density at radius 1 is 1.27 bits per heavy atom. The third-order valence-electron chi connectivity index (χ3n) is 4.96. The summed E-state index contributed by atoms with van der Waals surface area (Å²) >= 11 is 0. The van der Waals surface area contributed by atoms with Gasteiger partial charge in [-0.05, 0) is 42.7 Å². The van der Waals surface area contributed by atoms with Crippen LogP contribution in [-0.2, 0) is 17.8 Å². The quantitative estimate of drug-likeness (QED) is 0.789. The molecular weight excluding hydrogens is 342 g/mol. The summed E-state index contributed by atoms with van der Waals surface area (Å²) in [5, 5.41) is 2.79. The largest absolute Gasteiger partial charge is 0.457 e. The van der Waals surface area contributed by atoms with Gasteiger partial charge in [-0.2, -0.15) is 0 Å². The SMILES string of the molecule is CC1c2cc(F)cc(F)c2CCN1C(=O)Nc1cccc2c1COC2=O. The normalized spacial score (nSPS) is 18.2. The number of hydrogen-bond donors (Lipinski definition) is 1. The summed E-state index contributed by atoms with van der Waals surface area (Å²) in [7, 11) is 0. The fraction of sp³-hybridized carbons (Fsp3) is 0.263. The summed E-state index contributed by atoms with van der Waals surface area (Å²) < 4.78 is 32.5. The lowest BCUT2D eigenvalue weighted by molar-refractivity contribution is 0.0535. The van der Waals surface area contributed by atoms with Crippen molar-refractivity contribution in [3.05, 3.63) is 64.2 Å². The molecule has 26 heavy (non-hydrogen) atoms. The van der Waals surface area contributed by atoms with Gasteiger partial charge in [0.25, 0.3) is 0 Å². The number of amides is 2. The van der Waals surface area contributed by atoms with Gasteiger partial charge < -0.3 is 15.0 Å². The number of carbonyl (C=O) groups is 2. The zero-order valence-electron chi connectivity index (χ0n) is 14.0. The van der Waals surface area contributed by atoms with Gasteiger partial charge >= 0.3 is 12.0 Å². The molecule has 2 aliphatic rings. The van der Waals surface area contributed by atoms with Gasteiger partial charge in [0.05, 0.1) is 11.6 Å². The molecule has 2 aromatic carbocycles. The molecule has 0 aliphatic carbocycles. The van der Waals surface area contributed by atoms with E-state index in [1.165, 1.54) is 11.0 Å². The Morgan fingerprint density at radius 2 is 2.08 bits per heavy atom. The maximum Gasteiger partial charge on any atom is 0.338 e. The highest BCUT2D eigenvalue weighted by Crippen LogP contribution is 2.33. The first kappa shape index (κ1) is 16.5. The van der Waals surface area contributed by atoms with Crippen molar-refractivity contribution in [2.24, 2.45) is 0 Å². The molecule has 1 N–H and O–H groups in total. The third kappa shape index (κ3) is 2.60. The number of urea groups is 1. The summed E-state index contributed by atoms with van der Waals surface area (Å²) in [5.74, 6) is -1.65. The number of ether oxygens (including phenoxy) is 1. The molecule has 5 nitrogen and oxygen atoms in total. The fourth-order valence-corrected chi connectivity index (χ4v) is 3.58. The Morgan fingerprint density at radius 3 is 2.88 bits per heavy atom. The van der Waals surface area contributed by atoms with Crippen molar-refractivity contribution in [1.82, 2.24) is 4.90 Å². The lowest BCUT2D eigenvalue weighted by Gasteiger charge is -2.35. The van der Waals surface area contributed by atoms with E-state index in [1.807, 2.05) is 0 Å². The molecule has 4 rings (SSSR count). The Bertz CT molecular complexity index is 929. The highest BCUT2D eigenvalue weighted by molar-refractivity contribution is 5.98. The summed E-state index contributed by atoms with van der Waals surface area (Å²) in [5.41, 5.74) is 2.49. The number of nitrogens with zero attached hydrogens (tertiary/aromatic N) is 1. The predicted molar refractivity (Wildman–Crippen MR) is 89.8 cm³/mol. The van der Waals surface area contributed by atoms with Gasteiger partial charge in [-0.3, -0.25) is 0 Å². The molecule has 7 heteroatoms. The van der Waals surface area contributed by atoms with E-state index in [0.29, 0.717) is 40.9 Å². The molecule has 2 amide bonds. The second-order valence-electron chi connectivity index (χ2n) is 6.41. The summed E-state index contributed by atoms with van der Waals surface area (Å²) in [4.78, 5) is 25.9.